The van der Waals surface area contributed by atoms with Gasteiger partial charge in [0.1, 0.15) is 0 Å². The molecule has 3 nitrogen and oxygen atoms in total. The van der Waals surface area contributed by atoms with E-state index in [2.05, 4.69) is 4.98 Å². The third kappa shape index (κ3) is 7.59. The lowest BCUT2D eigenvalue weighted by Crippen LogP contribution is -2.17. The van der Waals surface area contributed by atoms with Gasteiger partial charge in [-0.3, -0.25) is 0 Å². The minimum Gasteiger partial charge on any atom is -0.388 e. The van der Waals surface area contributed by atoms with Crippen molar-refractivity contribution in [3.8, 4) is 11.3 Å². The van der Waals surface area contributed by atoms with Crippen molar-refractivity contribution in [2.75, 3.05) is 13.7 Å². The fourth-order valence-corrected chi connectivity index (χ4v) is 3.83. The van der Waals surface area contributed by atoms with Gasteiger partial charge in [0.25, 0.3) is 0 Å². The highest BCUT2D eigenvalue weighted by Crippen LogP contribution is 2.36. The summed E-state index contributed by atoms with van der Waals surface area (Å²) in [6, 6.07) is 19.9. The number of nitrogens with zero attached hydrogens (tertiary/aromatic N) is 1. The average molecular weight is 478 g/mol. The number of alkyl halides is 3. The number of ether oxygens (including phenoxy) is 1. The van der Waals surface area contributed by atoms with Gasteiger partial charge in [-0.1, -0.05) is 66.2 Å². The Balaban J connectivity index is 0.00000385. The van der Waals surface area contributed by atoms with Gasteiger partial charge in [0.05, 0.1) is 11.8 Å². The van der Waals surface area contributed by atoms with Gasteiger partial charge in [0.15, 0.2) is 5.69 Å². The van der Waals surface area contributed by atoms with Gasteiger partial charge >= 0.3 is 6.18 Å². The highest BCUT2D eigenvalue weighted by Gasteiger charge is 2.37. The van der Waals surface area contributed by atoms with Crippen LogP contribution >= 0.6 is 13.5 Å². The van der Waals surface area contributed by atoms with Crippen molar-refractivity contribution in [2.45, 2.75) is 38.5 Å². The molecule has 7 heteroatoms. The number of hydrogen-bond acceptors (Lipinski definition) is 3. The SMILES string of the molecule is COC[C@@H](CCC(O)c1ccc(-c2ccc(C)cc2)nc1C(F)(F)F)Cc1ccccc1.S. The molecule has 2 atom stereocenters. The summed E-state index contributed by atoms with van der Waals surface area (Å²) < 4.78 is 46.6. The maximum Gasteiger partial charge on any atom is 0.433 e. The first kappa shape index (κ1) is 26.9. The van der Waals surface area contributed by atoms with Crippen LogP contribution < -0.4 is 0 Å². The van der Waals surface area contributed by atoms with Crippen molar-refractivity contribution in [2.24, 2.45) is 5.92 Å². The second kappa shape index (κ2) is 12.2. The standard InChI is InChI=1S/C26H28F3NO2.H2S/c1-18-8-11-21(12-9-18)23-14-13-22(25(30-23)26(27,28)29)24(31)15-10-20(17-32-2)16-19-6-4-3-5-7-19;/h3-9,11-14,20,24,31H,10,15-17H2,1-2H3;1H2/t20-,24?;/m0./s1. The zero-order chi connectivity index (χ0) is 23.1. The van der Waals surface area contributed by atoms with Crippen LogP contribution in [0.3, 0.4) is 0 Å². The molecule has 2 aromatic carbocycles. The third-order valence-electron chi connectivity index (χ3n) is 5.52. The highest BCUT2D eigenvalue weighted by molar-refractivity contribution is 7.59. The number of hydrogen-bond donors (Lipinski definition) is 1. The minimum absolute atomic E-state index is 0. The number of rotatable bonds is 9. The lowest BCUT2D eigenvalue weighted by molar-refractivity contribution is -0.142. The van der Waals surface area contributed by atoms with E-state index in [4.69, 9.17) is 4.74 Å². The molecular weight excluding hydrogens is 447 g/mol. The molecule has 0 aliphatic rings. The molecule has 0 spiro atoms. The first-order valence-corrected chi connectivity index (χ1v) is 10.6. The van der Waals surface area contributed by atoms with Gasteiger partial charge in [-0.15, -0.1) is 0 Å². The first-order chi connectivity index (χ1) is 15.3. The molecule has 3 aromatic rings. The normalized spacial score (nSPS) is 13.3. The van der Waals surface area contributed by atoms with Gasteiger partial charge in [0, 0.05) is 24.8 Å². The number of aromatic nitrogens is 1. The molecule has 0 saturated heterocycles. The molecule has 0 aliphatic heterocycles. The number of halogens is 3. The number of pyridine rings is 1. The number of aliphatic hydroxyl groups is 1. The van der Waals surface area contributed by atoms with E-state index in [-0.39, 0.29) is 37.1 Å². The summed E-state index contributed by atoms with van der Waals surface area (Å²) in [5, 5.41) is 10.7. The zero-order valence-corrected chi connectivity index (χ0v) is 19.8. The summed E-state index contributed by atoms with van der Waals surface area (Å²) in [6.07, 6.45) is -4.47. The molecule has 0 bridgehead atoms. The van der Waals surface area contributed by atoms with E-state index in [0.29, 0.717) is 18.6 Å². The van der Waals surface area contributed by atoms with Crippen LogP contribution in [0, 0.1) is 12.8 Å². The molecule has 3 rings (SSSR count). The maximum absolute atomic E-state index is 13.8. The summed E-state index contributed by atoms with van der Waals surface area (Å²) in [5.74, 6) is 0.0891. The molecule has 0 aliphatic carbocycles. The topological polar surface area (TPSA) is 42.4 Å². The Kier molecular flexibility index (Phi) is 9.95. The number of methoxy groups -OCH3 is 1. The molecule has 1 unspecified atom stereocenters. The zero-order valence-electron chi connectivity index (χ0n) is 18.8. The van der Waals surface area contributed by atoms with Crippen LogP contribution in [0.15, 0.2) is 66.7 Å². The predicted octanol–water partition coefficient (Wildman–Crippen LogP) is 6.51. The first-order valence-electron chi connectivity index (χ1n) is 10.6. The summed E-state index contributed by atoms with van der Waals surface area (Å²) >= 11 is 0. The highest BCUT2D eigenvalue weighted by atomic mass is 32.1. The molecule has 33 heavy (non-hydrogen) atoms. The molecular formula is C26H30F3NO2S. The van der Waals surface area contributed by atoms with Crippen molar-refractivity contribution >= 4 is 13.5 Å². The van der Waals surface area contributed by atoms with Crippen LogP contribution in [0.2, 0.25) is 0 Å². The largest absolute Gasteiger partial charge is 0.433 e. The van der Waals surface area contributed by atoms with Crippen molar-refractivity contribution in [3.63, 3.8) is 0 Å². The second-order valence-corrected chi connectivity index (χ2v) is 8.10. The van der Waals surface area contributed by atoms with Crippen LogP contribution in [0.25, 0.3) is 11.3 Å². The van der Waals surface area contributed by atoms with E-state index >= 15 is 0 Å². The molecule has 178 valence electrons. The van der Waals surface area contributed by atoms with Crippen molar-refractivity contribution < 1.29 is 23.0 Å². The second-order valence-electron chi connectivity index (χ2n) is 8.10. The molecule has 0 saturated carbocycles. The summed E-state index contributed by atoms with van der Waals surface area (Å²) in [7, 11) is 1.60. The molecule has 0 fully saturated rings. The van der Waals surface area contributed by atoms with Crippen LogP contribution in [-0.4, -0.2) is 23.8 Å². The minimum atomic E-state index is -4.66. The summed E-state index contributed by atoms with van der Waals surface area (Å²) in [6.45, 7) is 2.38. The van der Waals surface area contributed by atoms with E-state index in [1.165, 1.54) is 12.1 Å². The van der Waals surface area contributed by atoms with E-state index in [1.54, 1.807) is 19.2 Å². The number of aliphatic hydroxyl groups excluding tert-OH is 1. The van der Waals surface area contributed by atoms with Crippen LogP contribution in [0.4, 0.5) is 13.2 Å². The Morgan fingerprint density at radius 2 is 1.61 bits per heavy atom. The van der Waals surface area contributed by atoms with Gasteiger partial charge in [-0.05, 0) is 43.7 Å². The van der Waals surface area contributed by atoms with Gasteiger partial charge in [-0.2, -0.15) is 26.7 Å². The predicted molar refractivity (Wildman–Crippen MR) is 129 cm³/mol. The Morgan fingerprint density at radius 1 is 0.939 bits per heavy atom. The van der Waals surface area contributed by atoms with Crippen LogP contribution in [0.1, 0.15) is 41.3 Å². The maximum atomic E-state index is 13.8. The number of aryl methyl sites for hydroxylation is 1. The van der Waals surface area contributed by atoms with Crippen LogP contribution in [-0.2, 0) is 17.3 Å². The van der Waals surface area contributed by atoms with Crippen molar-refractivity contribution in [1.82, 2.24) is 4.98 Å². The van der Waals surface area contributed by atoms with Gasteiger partial charge < -0.3 is 9.84 Å². The smallest absolute Gasteiger partial charge is 0.388 e. The Hall–Kier alpha value is -2.35. The quantitative estimate of drug-likeness (QED) is 0.382. The molecule has 0 radical (unpaired) electrons. The monoisotopic (exact) mass is 477 g/mol. The van der Waals surface area contributed by atoms with E-state index in [1.807, 2.05) is 49.4 Å². The Bertz CT molecular complexity index is 995. The van der Waals surface area contributed by atoms with Gasteiger partial charge in [0.2, 0.25) is 0 Å². The third-order valence-corrected chi connectivity index (χ3v) is 5.52. The average Bonchev–Trinajstić information content (AvgIpc) is 2.77. The molecule has 1 N–H and O–H groups in total. The molecule has 0 amide bonds. The van der Waals surface area contributed by atoms with Crippen molar-refractivity contribution in [3.05, 3.63) is 89.1 Å². The van der Waals surface area contributed by atoms with Gasteiger partial charge in [-0.25, -0.2) is 4.98 Å². The molecule has 1 aromatic heterocycles. The lowest BCUT2D eigenvalue weighted by atomic mass is 9.92. The lowest BCUT2D eigenvalue weighted by Gasteiger charge is -2.21. The van der Waals surface area contributed by atoms with Crippen molar-refractivity contribution in [1.29, 1.82) is 0 Å². The van der Waals surface area contributed by atoms with Crippen LogP contribution in [0.5, 0.6) is 0 Å². The number of benzene rings is 2. The summed E-state index contributed by atoms with van der Waals surface area (Å²) in [4.78, 5) is 3.89. The fraction of sp³-hybridized carbons (Fsp3) is 0.346. The van der Waals surface area contributed by atoms with E-state index in [0.717, 1.165) is 17.5 Å². The van der Waals surface area contributed by atoms with E-state index in [9.17, 15) is 18.3 Å². The van der Waals surface area contributed by atoms with E-state index < -0.39 is 18.0 Å². The Morgan fingerprint density at radius 3 is 2.21 bits per heavy atom. The summed E-state index contributed by atoms with van der Waals surface area (Å²) in [5.41, 5.74) is 1.75. The fourth-order valence-electron chi connectivity index (χ4n) is 3.83. The Labute approximate surface area is 200 Å². The molecule has 1 heterocycles.